The van der Waals surface area contributed by atoms with E-state index < -0.39 is 11.7 Å². The van der Waals surface area contributed by atoms with Crippen molar-refractivity contribution in [2.75, 3.05) is 6.54 Å². The van der Waals surface area contributed by atoms with E-state index in [9.17, 15) is 9.59 Å². The largest absolute Gasteiger partial charge is 0.444 e. The van der Waals surface area contributed by atoms with Crippen LogP contribution in [-0.2, 0) is 9.53 Å². The highest BCUT2D eigenvalue weighted by Crippen LogP contribution is 2.40. The molecular weight excluding hydrogens is 282 g/mol. The maximum atomic E-state index is 11.8. The van der Waals surface area contributed by atoms with E-state index in [0.29, 0.717) is 5.92 Å². The molecule has 0 radical (unpaired) electrons. The van der Waals surface area contributed by atoms with Crippen LogP contribution in [0.15, 0.2) is 24.5 Å². The van der Waals surface area contributed by atoms with Crippen molar-refractivity contribution in [1.82, 2.24) is 15.6 Å². The molecule has 2 N–H and O–H groups in total. The van der Waals surface area contributed by atoms with E-state index in [0.717, 1.165) is 12.0 Å². The topological polar surface area (TPSA) is 80.3 Å². The summed E-state index contributed by atoms with van der Waals surface area (Å²) < 4.78 is 5.10. The van der Waals surface area contributed by atoms with Crippen molar-refractivity contribution >= 4 is 12.0 Å². The van der Waals surface area contributed by atoms with Gasteiger partial charge in [-0.3, -0.25) is 9.78 Å². The van der Waals surface area contributed by atoms with Gasteiger partial charge in [-0.1, -0.05) is 6.07 Å². The Morgan fingerprint density at radius 3 is 2.82 bits per heavy atom. The highest BCUT2D eigenvalue weighted by molar-refractivity contribution is 5.78. The summed E-state index contributed by atoms with van der Waals surface area (Å²) in [5.41, 5.74) is 0.622. The molecule has 0 saturated heterocycles. The molecule has 120 valence electrons. The fourth-order valence-electron chi connectivity index (χ4n) is 2.19. The molecule has 2 atom stereocenters. The molecule has 6 heteroatoms. The third-order valence-corrected chi connectivity index (χ3v) is 3.27. The number of carbonyl (C=O) groups excluding carboxylic acids is 2. The van der Waals surface area contributed by atoms with E-state index >= 15 is 0 Å². The molecule has 0 aliphatic heterocycles. The average molecular weight is 305 g/mol. The Morgan fingerprint density at radius 1 is 1.41 bits per heavy atom. The number of alkyl carbamates (subject to hydrolysis) is 1. The van der Waals surface area contributed by atoms with Crippen LogP contribution in [0.5, 0.6) is 0 Å². The first-order valence-corrected chi connectivity index (χ1v) is 7.51. The van der Waals surface area contributed by atoms with Gasteiger partial charge in [0, 0.05) is 37.3 Å². The summed E-state index contributed by atoms with van der Waals surface area (Å²) in [5.74, 6) is 0.295. The van der Waals surface area contributed by atoms with Gasteiger partial charge >= 0.3 is 6.09 Å². The monoisotopic (exact) mass is 305 g/mol. The smallest absolute Gasteiger partial charge is 0.407 e. The zero-order valence-electron chi connectivity index (χ0n) is 13.3. The number of hydrogen-bond donors (Lipinski definition) is 2. The molecule has 0 unspecified atom stereocenters. The van der Waals surface area contributed by atoms with Crippen molar-refractivity contribution in [1.29, 1.82) is 0 Å². The third-order valence-electron chi connectivity index (χ3n) is 3.27. The maximum Gasteiger partial charge on any atom is 0.407 e. The van der Waals surface area contributed by atoms with E-state index in [4.69, 9.17) is 4.74 Å². The summed E-state index contributed by atoms with van der Waals surface area (Å²) in [4.78, 5) is 27.3. The fraction of sp³-hybridized carbons (Fsp3) is 0.562. The number of amides is 2. The van der Waals surface area contributed by atoms with Gasteiger partial charge in [-0.25, -0.2) is 4.79 Å². The lowest BCUT2D eigenvalue weighted by molar-refractivity contribution is -0.121. The molecule has 6 nitrogen and oxygen atoms in total. The minimum atomic E-state index is -0.530. The summed E-state index contributed by atoms with van der Waals surface area (Å²) in [7, 11) is 0. The molecular formula is C16H23N3O3. The lowest BCUT2D eigenvalue weighted by atomic mass is 10.2. The maximum absolute atomic E-state index is 11.8. The highest BCUT2D eigenvalue weighted by Gasteiger charge is 2.39. The summed E-state index contributed by atoms with van der Waals surface area (Å²) in [5, 5.41) is 5.54. The summed E-state index contributed by atoms with van der Waals surface area (Å²) in [6, 6.07) is 4.10. The van der Waals surface area contributed by atoms with E-state index in [1.807, 2.05) is 18.3 Å². The Bertz CT molecular complexity index is 525. The molecule has 2 amide bonds. The summed E-state index contributed by atoms with van der Waals surface area (Å²) in [6.45, 7) is 5.66. The van der Waals surface area contributed by atoms with Crippen LogP contribution in [0.3, 0.4) is 0 Å². The minimum Gasteiger partial charge on any atom is -0.444 e. The fourth-order valence-corrected chi connectivity index (χ4v) is 2.19. The Kier molecular flexibility index (Phi) is 5.00. The van der Waals surface area contributed by atoms with Gasteiger partial charge in [0.05, 0.1) is 0 Å². The van der Waals surface area contributed by atoms with Crippen LogP contribution >= 0.6 is 0 Å². The van der Waals surface area contributed by atoms with Gasteiger partial charge in [-0.2, -0.15) is 0 Å². The van der Waals surface area contributed by atoms with Crippen LogP contribution in [0.2, 0.25) is 0 Å². The quantitative estimate of drug-likeness (QED) is 0.871. The lowest BCUT2D eigenvalue weighted by Crippen LogP contribution is -2.35. The molecule has 2 rings (SSSR count). The number of rotatable bonds is 5. The molecule has 1 fully saturated rings. The van der Waals surface area contributed by atoms with Gasteiger partial charge in [0.2, 0.25) is 5.91 Å². The molecule has 1 aliphatic carbocycles. The predicted molar refractivity (Wildman–Crippen MR) is 82.4 cm³/mol. The van der Waals surface area contributed by atoms with Crippen molar-refractivity contribution in [2.24, 2.45) is 0 Å². The normalized spacial score (nSPS) is 20.1. The Morgan fingerprint density at radius 2 is 2.18 bits per heavy atom. The second kappa shape index (κ2) is 6.77. The van der Waals surface area contributed by atoms with Gasteiger partial charge < -0.3 is 15.4 Å². The first-order chi connectivity index (χ1) is 10.3. The second-order valence-corrected chi connectivity index (χ2v) is 6.48. The third kappa shape index (κ3) is 5.35. The minimum absolute atomic E-state index is 0.0625. The van der Waals surface area contributed by atoms with Crippen molar-refractivity contribution < 1.29 is 14.3 Å². The lowest BCUT2D eigenvalue weighted by Gasteiger charge is -2.19. The zero-order valence-corrected chi connectivity index (χ0v) is 13.3. The molecule has 1 aromatic rings. The Balaban J connectivity index is 1.63. The number of nitrogens with one attached hydrogen (secondary N) is 2. The van der Waals surface area contributed by atoms with E-state index in [2.05, 4.69) is 15.6 Å². The van der Waals surface area contributed by atoms with Gasteiger partial charge in [0.1, 0.15) is 5.60 Å². The number of pyridine rings is 1. The van der Waals surface area contributed by atoms with Crippen LogP contribution < -0.4 is 10.6 Å². The molecule has 1 saturated carbocycles. The molecule has 1 heterocycles. The molecule has 22 heavy (non-hydrogen) atoms. The van der Waals surface area contributed by atoms with Crippen LogP contribution in [0.1, 0.15) is 45.1 Å². The van der Waals surface area contributed by atoms with E-state index in [-0.39, 0.29) is 24.9 Å². The molecule has 0 aromatic carbocycles. The van der Waals surface area contributed by atoms with Crippen LogP contribution in [0, 0.1) is 0 Å². The number of carbonyl (C=O) groups is 2. The van der Waals surface area contributed by atoms with Gasteiger partial charge in [-0.15, -0.1) is 0 Å². The second-order valence-electron chi connectivity index (χ2n) is 6.48. The van der Waals surface area contributed by atoms with Crippen molar-refractivity contribution in [3.8, 4) is 0 Å². The zero-order chi connectivity index (χ0) is 16.2. The number of hydrogen-bond acceptors (Lipinski definition) is 4. The molecule has 0 spiro atoms. The molecule has 1 aliphatic rings. The molecule has 1 aromatic heterocycles. The first kappa shape index (κ1) is 16.3. The van der Waals surface area contributed by atoms with Crippen molar-refractivity contribution in [3.05, 3.63) is 30.1 Å². The number of nitrogens with zero attached hydrogens (tertiary/aromatic N) is 1. The van der Waals surface area contributed by atoms with Crippen molar-refractivity contribution in [2.45, 2.75) is 51.2 Å². The number of ether oxygens (including phenoxy) is 1. The van der Waals surface area contributed by atoms with Crippen LogP contribution in [0.25, 0.3) is 0 Å². The summed E-state index contributed by atoms with van der Waals surface area (Å²) in [6.07, 6.45) is 4.26. The van der Waals surface area contributed by atoms with E-state index in [1.165, 1.54) is 0 Å². The Hall–Kier alpha value is -2.11. The number of aromatic nitrogens is 1. The van der Waals surface area contributed by atoms with Crippen LogP contribution in [0.4, 0.5) is 4.79 Å². The molecule has 0 bridgehead atoms. The summed E-state index contributed by atoms with van der Waals surface area (Å²) >= 11 is 0. The van der Waals surface area contributed by atoms with E-state index in [1.54, 1.807) is 27.0 Å². The highest BCUT2D eigenvalue weighted by atomic mass is 16.6. The Labute approximate surface area is 130 Å². The standard InChI is InChI=1S/C16H23N3O3/c1-16(2,3)22-15(21)18-8-6-14(20)19-13-9-12(13)11-5-4-7-17-10-11/h4-5,7,10,12-13H,6,8-9H2,1-3H3,(H,18,21)(H,19,20)/t12-,13+/m1/s1. The van der Waals surface area contributed by atoms with Gasteiger partial charge in [-0.05, 0) is 38.8 Å². The first-order valence-electron chi connectivity index (χ1n) is 7.51. The SMILES string of the molecule is CC(C)(C)OC(=O)NCCC(=O)N[C@H]1C[C@@H]1c1cccnc1. The van der Waals surface area contributed by atoms with Crippen LogP contribution in [-0.4, -0.2) is 35.2 Å². The van der Waals surface area contributed by atoms with Gasteiger partial charge in [0.15, 0.2) is 0 Å². The van der Waals surface area contributed by atoms with Crippen molar-refractivity contribution in [3.63, 3.8) is 0 Å². The average Bonchev–Trinajstić information content (AvgIpc) is 3.16. The predicted octanol–water partition coefficient (Wildman–Crippen LogP) is 1.97. The van der Waals surface area contributed by atoms with Gasteiger partial charge in [0.25, 0.3) is 0 Å².